The summed E-state index contributed by atoms with van der Waals surface area (Å²) in [5.41, 5.74) is 10.1. The van der Waals surface area contributed by atoms with Crippen molar-refractivity contribution in [1.82, 2.24) is 0 Å². The third kappa shape index (κ3) is 14.9. The molecule has 0 aliphatic heterocycles. The molecule has 0 aromatic heterocycles. The first-order valence-corrected chi connectivity index (χ1v) is 27.8. The summed E-state index contributed by atoms with van der Waals surface area (Å²) in [6.07, 6.45) is 25.4. The van der Waals surface area contributed by atoms with E-state index in [1.54, 1.807) is 0 Å². The number of carbonyl (C=O) groups is 2. The molecule has 384 valence electrons. The van der Waals surface area contributed by atoms with Gasteiger partial charge in [0.1, 0.15) is 12.6 Å². The Kier molecular flexibility index (Phi) is 18.2. The van der Waals surface area contributed by atoms with Crippen LogP contribution >= 0.6 is 0 Å². The fourth-order valence-corrected chi connectivity index (χ4v) is 14.4. The van der Waals surface area contributed by atoms with Gasteiger partial charge in [0, 0.05) is 24.0 Å². The average Bonchev–Trinajstić information content (AvgIpc) is 3.95. The first-order chi connectivity index (χ1) is 31.4. The van der Waals surface area contributed by atoms with E-state index in [2.05, 4.69) is 119 Å². The largest absolute Gasteiger partial charge is 0.396 e. The topological polar surface area (TPSA) is 74.6 Å². The predicted molar refractivity (Wildman–Crippen MR) is 288 cm³/mol. The van der Waals surface area contributed by atoms with E-state index in [1.165, 1.54) is 136 Å². The van der Waals surface area contributed by atoms with Gasteiger partial charge >= 0.3 is 0 Å². The van der Waals surface area contributed by atoms with Crippen molar-refractivity contribution >= 4 is 12.6 Å². The molecule has 0 amide bonds. The molecule has 6 aliphatic rings. The van der Waals surface area contributed by atoms with Gasteiger partial charge in [-0.05, 0) is 204 Å². The Balaban J connectivity index is 0.000000169. The maximum atomic E-state index is 11.0. The number of hydrogen-bond acceptors (Lipinski definition) is 4. The van der Waals surface area contributed by atoms with Crippen molar-refractivity contribution in [2.24, 2.45) is 68.0 Å². The predicted octanol–water partition coefficient (Wildman–Crippen LogP) is 15.9. The Morgan fingerprint density at radius 3 is 1.54 bits per heavy atom. The van der Waals surface area contributed by atoms with Gasteiger partial charge in [-0.15, -0.1) is 0 Å². The number of hydrogen-bond donors (Lipinski definition) is 2. The molecule has 2 aromatic rings. The monoisotopic (exact) mass is 937 g/mol. The number of aliphatic hydroxyl groups is 2. The minimum Gasteiger partial charge on any atom is -0.396 e. The number of rotatable bonds is 12. The smallest absolute Gasteiger partial charge is 0.125 e. The number of fused-ring (bicyclic) bond motifs is 4. The molecule has 8 rings (SSSR count). The molecule has 0 spiro atoms. The number of benzene rings is 2. The van der Waals surface area contributed by atoms with Crippen LogP contribution in [0.25, 0.3) is 0 Å². The summed E-state index contributed by atoms with van der Waals surface area (Å²) in [7, 11) is 0. The van der Waals surface area contributed by atoms with Crippen molar-refractivity contribution in [1.29, 1.82) is 0 Å². The van der Waals surface area contributed by atoms with E-state index < -0.39 is 0 Å². The van der Waals surface area contributed by atoms with Gasteiger partial charge in [-0.1, -0.05) is 160 Å². The number of carbonyl (C=O) groups excluding carboxylic acids is 2. The van der Waals surface area contributed by atoms with E-state index in [0.717, 1.165) is 60.9 Å². The minimum absolute atomic E-state index is 0.125. The molecule has 6 atom stereocenters. The Labute approximate surface area is 418 Å². The molecule has 4 nitrogen and oxygen atoms in total. The van der Waals surface area contributed by atoms with Gasteiger partial charge in [0.2, 0.25) is 0 Å². The molecule has 4 fully saturated rings. The molecule has 6 unspecified atom stereocenters. The van der Waals surface area contributed by atoms with Crippen LogP contribution in [-0.2, 0) is 46.1 Å². The maximum absolute atomic E-state index is 11.0. The SMILES string of the molecule is CC(C)(C=O)Cc1ccc2c(c1)C(C)(C)CC2.CC(C)(C=O)Cc1ccc2c(c1)CCC2(C)C.CC(C)(CO)CC1CCC2C(CCC2(C)C)C1.CC(C)(CO)CC1CCC2CCC(C)(C)C2C1. The van der Waals surface area contributed by atoms with Gasteiger partial charge in [0.25, 0.3) is 0 Å². The van der Waals surface area contributed by atoms with Crippen LogP contribution in [0.1, 0.15) is 234 Å². The highest BCUT2D eigenvalue weighted by atomic mass is 16.3. The van der Waals surface area contributed by atoms with Crippen molar-refractivity contribution in [3.8, 4) is 0 Å². The normalized spacial score (nSPS) is 27.4. The van der Waals surface area contributed by atoms with Crippen molar-refractivity contribution in [2.75, 3.05) is 13.2 Å². The second kappa shape index (κ2) is 21.8. The lowest BCUT2D eigenvalue weighted by Gasteiger charge is -2.40. The van der Waals surface area contributed by atoms with Gasteiger partial charge in [-0.2, -0.15) is 0 Å². The van der Waals surface area contributed by atoms with E-state index in [4.69, 9.17) is 0 Å². The number of aryl methyl sites for hydroxylation is 2. The third-order valence-corrected chi connectivity index (χ3v) is 18.9. The van der Waals surface area contributed by atoms with Gasteiger partial charge in [0.05, 0.1) is 0 Å². The fraction of sp³-hybridized carbons (Fsp3) is 0.781. The molecule has 6 aliphatic carbocycles. The highest BCUT2D eigenvalue weighted by molar-refractivity contribution is 5.59. The second-order valence-corrected chi connectivity index (χ2v) is 29.5. The van der Waals surface area contributed by atoms with Crippen LogP contribution in [0.2, 0.25) is 0 Å². The zero-order valence-electron chi connectivity index (χ0n) is 46.9. The minimum atomic E-state index is -0.253. The molecule has 68 heavy (non-hydrogen) atoms. The lowest BCUT2D eigenvalue weighted by Crippen LogP contribution is -2.32. The lowest BCUT2D eigenvalue weighted by molar-refractivity contribution is -0.115. The Morgan fingerprint density at radius 1 is 0.515 bits per heavy atom. The molecule has 4 saturated carbocycles. The molecular formula is C64H104O4. The summed E-state index contributed by atoms with van der Waals surface area (Å²) in [4.78, 5) is 22.0. The molecule has 2 aromatic carbocycles. The first-order valence-electron chi connectivity index (χ1n) is 27.8. The van der Waals surface area contributed by atoms with Crippen LogP contribution in [0.3, 0.4) is 0 Å². The number of aliphatic hydroxyl groups excluding tert-OH is 2. The van der Waals surface area contributed by atoms with Crippen LogP contribution in [0.5, 0.6) is 0 Å². The summed E-state index contributed by atoms with van der Waals surface area (Å²) in [6, 6.07) is 13.5. The zero-order chi connectivity index (χ0) is 50.7. The molecule has 2 N–H and O–H groups in total. The molecule has 0 radical (unpaired) electrons. The third-order valence-electron chi connectivity index (χ3n) is 18.9. The highest BCUT2D eigenvalue weighted by Gasteiger charge is 2.46. The molecule has 4 heteroatoms. The molecule has 0 bridgehead atoms. The van der Waals surface area contributed by atoms with Gasteiger partial charge in [0.15, 0.2) is 0 Å². The summed E-state index contributed by atoms with van der Waals surface area (Å²) in [5.74, 6) is 5.66. The van der Waals surface area contributed by atoms with Crippen molar-refractivity contribution in [2.45, 2.75) is 237 Å². The van der Waals surface area contributed by atoms with E-state index in [-0.39, 0.29) is 21.7 Å². The zero-order valence-corrected chi connectivity index (χ0v) is 46.9. The quantitative estimate of drug-likeness (QED) is 0.208. The summed E-state index contributed by atoms with van der Waals surface area (Å²) >= 11 is 0. The Hall–Kier alpha value is -2.30. The van der Waals surface area contributed by atoms with Crippen LogP contribution in [-0.4, -0.2) is 36.0 Å². The van der Waals surface area contributed by atoms with E-state index >= 15 is 0 Å². The van der Waals surface area contributed by atoms with Crippen LogP contribution in [0.15, 0.2) is 36.4 Å². The Morgan fingerprint density at radius 2 is 0.985 bits per heavy atom. The van der Waals surface area contributed by atoms with Gasteiger partial charge in [-0.25, -0.2) is 0 Å². The van der Waals surface area contributed by atoms with Crippen LogP contribution < -0.4 is 0 Å². The molecular weight excluding hydrogens is 833 g/mol. The lowest BCUT2D eigenvalue weighted by atomic mass is 9.65. The molecule has 0 heterocycles. The first kappa shape index (κ1) is 56.6. The van der Waals surface area contributed by atoms with E-state index in [0.29, 0.717) is 34.9 Å². The summed E-state index contributed by atoms with van der Waals surface area (Å²) in [5, 5.41) is 18.8. The van der Waals surface area contributed by atoms with Gasteiger partial charge in [-0.3, -0.25) is 0 Å². The van der Waals surface area contributed by atoms with E-state index in [9.17, 15) is 19.8 Å². The maximum Gasteiger partial charge on any atom is 0.125 e. The van der Waals surface area contributed by atoms with Crippen LogP contribution in [0.4, 0.5) is 0 Å². The highest BCUT2D eigenvalue weighted by Crippen LogP contribution is 2.56. The average molecular weight is 938 g/mol. The molecule has 0 saturated heterocycles. The van der Waals surface area contributed by atoms with Crippen molar-refractivity contribution in [3.63, 3.8) is 0 Å². The van der Waals surface area contributed by atoms with E-state index in [1.807, 2.05) is 27.7 Å². The van der Waals surface area contributed by atoms with Crippen LogP contribution in [0, 0.1) is 68.0 Å². The fourth-order valence-electron chi connectivity index (χ4n) is 14.4. The number of aldehydes is 2. The van der Waals surface area contributed by atoms with Gasteiger partial charge < -0.3 is 19.8 Å². The van der Waals surface area contributed by atoms with Crippen molar-refractivity contribution < 1.29 is 19.8 Å². The second-order valence-electron chi connectivity index (χ2n) is 29.5. The Bertz CT molecular complexity index is 1970. The standard InChI is InChI=1S/C16H30O.C16H22O.C16H30O.C16H22O/c2*1-15(2,11-17)10-12-5-6-14-13(9-12)7-8-16(14,3)4;2*1-15(2,11-17)10-12-5-6-13-7-8-16(3,4)14(13)9-12/h12-14,17H,5-11H2,1-4H3;5-6,9,11H,7-8,10H2,1-4H3;12-14,17H,5-11H2,1-4H3;5-6,9,11H,7-8,10H2,1-4H3. The van der Waals surface area contributed by atoms with Crippen molar-refractivity contribution in [3.05, 3.63) is 69.8 Å². The summed E-state index contributed by atoms with van der Waals surface area (Å²) in [6.45, 7) is 36.6. The summed E-state index contributed by atoms with van der Waals surface area (Å²) < 4.78 is 0.